The summed E-state index contributed by atoms with van der Waals surface area (Å²) in [6, 6.07) is 9.02. The van der Waals surface area contributed by atoms with Crippen LogP contribution in [0.5, 0.6) is 0 Å². The van der Waals surface area contributed by atoms with Crippen LogP contribution in [0.1, 0.15) is 43.6 Å². The van der Waals surface area contributed by atoms with Crippen LogP contribution in [-0.2, 0) is 4.74 Å². The van der Waals surface area contributed by atoms with Crippen LogP contribution in [0.15, 0.2) is 28.7 Å². The summed E-state index contributed by atoms with van der Waals surface area (Å²) in [4.78, 5) is 0. The molecule has 0 spiro atoms. The van der Waals surface area contributed by atoms with Gasteiger partial charge >= 0.3 is 0 Å². The number of methoxy groups -OCH3 is 1. The molecule has 20 heavy (non-hydrogen) atoms. The van der Waals surface area contributed by atoms with Crippen LogP contribution in [0.4, 0.5) is 0 Å². The molecule has 1 fully saturated rings. The Morgan fingerprint density at radius 1 is 1.30 bits per heavy atom. The van der Waals surface area contributed by atoms with Crippen molar-refractivity contribution < 1.29 is 9.15 Å². The number of aryl methyl sites for hydroxylation is 1. The van der Waals surface area contributed by atoms with Crippen LogP contribution in [0.25, 0.3) is 11.0 Å². The highest BCUT2D eigenvalue weighted by molar-refractivity contribution is 5.82. The van der Waals surface area contributed by atoms with Crippen LogP contribution >= 0.6 is 0 Å². The summed E-state index contributed by atoms with van der Waals surface area (Å²) < 4.78 is 11.5. The van der Waals surface area contributed by atoms with E-state index in [1.165, 1.54) is 17.4 Å². The molecule has 108 valence electrons. The topological polar surface area (TPSA) is 34.4 Å². The monoisotopic (exact) mass is 273 g/mol. The van der Waals surface area contributed by atoms with Crippen molar-refractivity contribution in [3.63, 3.8) is 0 Å². The van der Waals surface area contributed by atoms with Gasteiger partial charge in [0.05, 0.1) is 12.1 Å². The van der Waals surface area contributed by atoms with Gasteiger partial charge in [0.2, 0.25) is 0 Å². The molecule has 1 aliphatic carbocycles. The van der Waals surface area contributed by atoms with Crippen molar-refractivity contribution in [2.75, 3.05) is 7.11 Å². The number of ether oxygens (including phenoxy) is 1. The Morgan fingerprint density at radius 2 is 2.10 bits per heavy atom. The molecule has 1 aromatic heterocycles. The Morgan fingerprint density at radius 3 is 2.80 bits per heavy atom. The lowest BCUT2D eigenvalue weighted by Crippen LogP contribution is -2.30. The predicted octanol–water partition coefficient (Wildman–Crippen LogP) is 3.96. The van der Waals surface area contributed by atoms with Gasteiger partial charge in [0.25, 0.3) is 0 Å². The largest absolute Gasteiger partial charge is 0.459 e. The number of hydrogen-bond acceptors (Lipinski definition) is 3. The summed E-state index contributed by atoms with van der Waals surface area (Å²) in [5.74, 6) is 1.06. The molecular weight excluding hydrogens is 250 g/mol. The number of fused-ring (bicyclic) bond motifs is 1. The Hall–Kier alpha value is -1.32. The second-order valence-corrected chi connectivity index (χ2v) is 5.84. The number of furan rings is 1. The molecule has 1 heterocycles. The van der Waals surface area contributed by atoms with E-state index in [0.717, 1.165) is 24.2 Å². The quantitative estimate of drug-likeness (QED) is 0.915. The molecule has 0 bridgehead atoms. The molecule has 0 aliphatic heterocycles. The minimum absolute atomic E-state index is 0.239. The Kier molecular flexibility index (Phi) is 3.81. The van der Waals surface area contributed by atoms with Gasteiger partial charge in [0, 0.05) is 18.5 Å². The van der Waals surface area contributed by atoms with Crippen molar-refractivity contribution in [2.24, 2.45) is 0 Å². The molecule has 3 heteroatoms. The zero-order chi connectivity index (χ0) is 14.1. The summed E-state index contributed by atoms with van der Waals surface area (Å²) >= 11 is 0. The fourth-order valence-electron chi connectivity index (χ4n) is 3.34. The minimum Gasteiger partial charge on any atom is -0.459 e. The van der Waals surface area contributed by atoms with Crippen LogP contribution in [0, 0.1) is 6.92 Å². The number of benzene rings is 1. The molecule has 2 aromatic rings. The maximum atomic E-state index is 6.03. The summed E-state index contributed by atoms with van der Waals surface area (Å²) in [5.41, 5.74) is 2.23. The number of para-hydroxylation sites is 1. The average Bonchev–Trinajstić information content (AvgIpc) is 3.04. The van der Waals surface area contributed by atoms with Crippen molar-refractivity contribution in [1.29, 1.82) is 0 Å². The lowest BCUT2D eigenvalue weighted by Gasteiger charge is -2.18. The fraction of sp³-hybridized carbons (Fsp3) is 0.529. The summed E-state index contributed by atoms with van der Waals surface area (Å²) in [5, 5.41) is 4.91. The third-order valence-electron chi connectivity index (χ3n) is 4.48. The second kappa shape index (κ2) is 5.58. The predicted molar refractivity (Wildman–Crippen MR) is 80.9 cm³/mol. The summed E-state index contributed by atoms with van der Waals surface area (Å²) in [6.07, 6.45) is 3.85. The number of rotatable bonds is 4. The van der Waals surface area contributed by atoms with Gasteiger partial charge in [-0.15, -0.1) is 0 Å². The third-order valence-corrected chi connectivity index (χ3v) is 4.48. The van der Waals surface area contributed by atoms with Crippen LogP contribution < -0.4 is 5.32 Å². The Labute approximate surface area is 120 Å². The standard InChI is InChI=1S/C17H23NO2/c1-11-15-6-4-5-7-16(15)20-17(11)12(2)18-13-8-9-14(10-13)19-3/h4-7,12-14,18H,8-10H2,1-3H3. The highest BCUT2D eigenvalue weighted by Gasteiger charge is 2.27. The molecule has 3 atom stereocenters. The fourth-order valence-corrected chi connectivity index (χ4v) is 3.34. The van der Waals surface area contributed by atoms with E-state index >= 15 is 0 Å². The van der Waals surface area contributed by atoms with Crippen molar-refractivity contribution in [1.82, 2.24) is 5.32 Å². The maximum Gasteiger partial charge on any atom is 0.134 e. The van der Waals surface area contributed by atoms with E-state index in [1.54, 1.807) is 7.11 Å². The zero-order valence-corrected chi connectivity index (χ0v) is 12.5. The normalized spacial score (nSPS) is 24.4. The van der Waals surface area contributed by atoms with E-state index < -0.39 is 0 Å². The Bertz CT molecular complexity index is 590. The van der Waals surface area contributed by atoms with Gasteiger partial charge in [-0.2, -0.15) is 0 Å². The van der Waals surface area contributed by atoms with Crippen LogP contribution in [0.3, 0.4) is 0 Å². The van der Waals surface area contributed by atoms with E-state index in [4.69, 9.17) is 9.15 Å². The third kappa shape index (κ3) is 2.48. The first-order valence-electron chi connectivity index (χ1n) is 7.46. The summed E-state index contributed by atoms with van der Waals surface area (Å²) in [7, 11) is 1.81. The lowest BCUT2D eigenvalue weighted by molar-refractivity contribution is 0.106. The molecular formula is C17H23NO2. The van der Waals surface area contributed by atoms with Crippen molar-refractivity contribution in [2.45, 2.75) is 51.3 Å². The van der Waals surface area contributed by atoms with Crippen molar-refractivity contribution in [3.8, 4) is 0 Å². The van der Waals surface area contributed by atoms with E-state index in [1.807, 2.05) is 12.1 Å². The molecule has 0 amide bonds. The maximum absolute atomic E-state index is 6.03. The first kappa shape index (κ1) is 13.7. The number of nitrogens with one attached hydrogen (secondary N) is 1. The first-order chi connectivity index (χ1) is 9.69. The highest BCUT2D eigenvalue weighted by Crippen LogP contribution is 2.31. The molecule has 3 unspecified atom stereocenters. The molecule has 1 aliphatic rings. The van der Waals surface area contributed by atoms with E-state index in [-0.39, 0.29) is 6.04 Å². The second-order valence-electron chi connectivity index (χ2n) is 5.84. The van der Waals surface area contributed by atoms with Gasteiger partial charge in [0.15, 0.2) is 0 Å². The van der Waals surface area contributed by atoms with Gasteiger partial charge in [-0.05, 0) is 44.7 Å². The first-order valence-corrected chi connectivity index (χ1v) is 7.46. The Balaban J connectivity index is 1.76. The molecule has 3 nitrogen and oxygen atoms in total. The highest BCUT2D eigenvalue weighted by atomic mass is 16.5. The molecule has 1 saturated carbocycles. The zero-order valence-electron chi connectivity index (χ0n) is 12.5. The van der Waals surface area contributed by atoms with Crippen LogP contribution in [-0.4, -0.2) is 19.3 Å². The average molecular weight is 273 g/mol. The van der Waals surface area contributed by atoms with Crippen LogP contribution in [0.2, 0.25) is 0 Å². The molecule has 0 radical (unpaired) electrons. The van der Waals surface area contributed by atoms with E-state index in [0.29, 0.717) is 12.1 Å². The van der Waals surface area contributed by atoms with Crippen molar-refractivity contribution in [3.05, 3.63) is 35.6 Å². The molecule has 1 aromatic carbocycles. The van der Waals surface area contributed by atoms with Crippen molar-refractivity contribution >= 4 is 11.0 Å². The minimum atomic E-state index is 0.239. The van der Waals surface area contributed by atoms with Gasteiger partial charge in [0.1, 0.15) is 11.3 Å². The van der Waals surface area contributed by atoms with Gasteiger partial charge in [-0.25, -0.2) is 0 Å². The summed E-state index contributed by atoms with van der Waals surface area (Å²) in [6.45, 7) is 4.33. The van der Waals surface area contributed by atoms with E-state index in [9.17, 15) is 0 Å². The lowest BCUT2D eigenvalue weighted by atomic mass is 10.1. The van der Waals surface area contributed by atoms with E-state index in [2.05, 4.69) is 31.3 Å². The van der Waals surface area contributed by atoms with Gasteiger partial charge < -0.3 is 14.5 Å². The molecule has 0 saturated heterocycles. The molecule has 1 N–H and O–H groups in total. The smallest absolute Gasteiger partial charge is 0.134 e. The molecule has 3 rings (SSSR count). The number of hydrogen-bond donors (Lipinski definition) is 1. The SMILES string of the molecule is COC1CCC(NC(C)c2oc3ccccc3c2C)C1. The van der Waals surface area contributed by atoms with Gasteiger partial charge in [-0.3, -0.25) is 0 Å². The van der Waals surface area contributed by atoms with Gasteiger partial charge in [-0.1, -0.05) is 18.2 Å².